The van der Waals surface area contributed by atoms with Crippen molar-refractivity contribution in [2.75, 3.05) is 24.3 Å². The van der Waals surface area contributed by atoms with Gasteiger partial charge in [0.25, 0.3) is 11.8 Å². The molecule has 2 aromatic heterocycles. The highest BCUT2D eigenvalue weighted by molar-refractivity contribution is 8.01. The van der Waals surface area contributed by atoms with E-state index in [1.54, 1.807) is 12.1 Å². The highest BCUT2D eigenvalue weighted by Gasteiger charge is 2.54. The number of nitrogens with two attached hydrogens (primary N) is 2. The lowest BCUT2D eigenvalue weighted by Gasteiger charge is -2.49. The van der Waals surface area contributed by atoms with Crippen molar-refractivity contribution in [2.45, 2.75) is 16.4 Å². The normalized spacial score (nSPS) is 19.4. The second-order valence-electron chi connectivity index (χ2n) is 7.40. The molecule has 188 valence electrons. The third-order valence-corrected chi connectivity index (χ3v) is 8.18. The number of carboxylic acids is 1. The number of thioether (sulfide) groups is 2. The number of nitrogens with one attached hydrogen (secondary N) is 2. The van der Waals surface area contributed by atoms with Gasteiger partial charge in [-0.25, -0.2) is 14.8 Å². The van der Waals surface area contributed by atoms with Crippen LogP contribution in [-0.2, 0) is 19.2 Å². The van der Waals surface area contributed by atoms with E-state index in [1.807, 2.05) is 0 Å². The van der Waals surface area contributed by atoms with Crippen molar-refractivity contribution in [1.82, 2.24) is 20.2 Å². The summed E-state index contributed by atoms with van der Waals surface area (Å²) in [5.74, 6) is -1.91. The number of nitrogen functional groups attached to an aromatic ring is 2. The molecule has 2 aliphatic rings. The fourth-order valence-corrected chi connectivity index (χ4v) is 6.36. The molecule has 4 heterocycles. The number of aliphatic carboxylic acids is 1. The van der Waals surface area contributed by atoms with Gasteiger partial charge in [-0.3, -0.25) is 19.9 Å². The van der Waals surface area contributed by atoms with Gasteiger partial charge in [-0.1, -0.05) is 5.16 Å². The number of thiazole rings is 1. The molecule has 16 heteroatoms. The van der Waals surface area contributed by atoms with Crippen LogP contribution in [0.4, 0.5) is 5.13 Å². The minimum Gasteiger partial charge on any atom is -0.477 e. The highest BCUT2D eigenvalue weighted by atomic mass is 32.2. The van der Waals surface area contributed by atoms with E-state index >= 15 is 0 Å². The van der Waals surface area contributed by atoms with Crippen LogP contribution in [0.25, 0.3) is 0 Å². The van der Waals surface area contributed by atoms with Crippen LogP contribution in [0.2, 0.25) is 0 Å². The smallest absolute Gasteiger partial charge is 0.352 e. The number of nitrogens with zero attached hydrogens (tertiary/aromatic N) is 4. The molecule has 0 aromatic carbocycles. The maximum atomic E-state index is 12.9. The summed E-state index contributed by atoms with van der Waals surface area (Å²) in [6.07, 6.45) is 1.47. The number of carboxylic acid groups (broad SMARTS) is 1. The SMILES string of the molecule is CON=C(C(=O)N[C@@H]1C(=O)N2C(C(=O)O)=C(CSc3ccc(C(=N)N)cn3)CS[C@@H]12)c1csc(N)n1. The zero-order chi connectivity index (χ0) is 26.0. The molecule has 36 heavy (non-hydrogen) atoms. The van der Waals surface area contributed by atoms with Crippen LogP contribution in [0.5, 0.6) is 0 Å². The van der Waals surface area contributed by atoms with Gasteiger partial charge in [-0.05, 0) is 17.7 Å². The van der Waals surface area contributed by atoms with Crippen molar-refractivity contribution in [3.63, 3.8) is 0 Å². The number of carbonyl (C=O) groups excluding carboxylic acids is 2. The number of aromatic nitrogens is 2. The molecule has 7 N–H and O–H groups in total. The number of hydrogen-bond donors (Lipinski definition) is 5. The number of amides is 2. The van der Waals surface area contributed by atoms with Crippen LogP contribution in [0, 0.1) is 5.41 Å². The summed E-state index contributed by atoms with van der Waals surface area (Å²) >= 11 is 3.78. The number of anilines is 1. The van der Waals surface area contributed by atoms with Gasteiger partial charge < -0.3 is 26.7 Å². The molecule has 2 amide bonds. The first kappa shape index (κ1) is 25.5. The molecule has 0 unspecified atom stereocenters. The van der Waals surface area contributed by atoms with Crippen LogP contribution < -0.4 is 16.8 Å². The number of amidine groups is 1. The lowest BCUT2D eigenvalue weighted by Crippen LogP contribution is -2.71. The van der Waals surface area contributed by atoms with E-state index in [1.165, 1.54) is 47.1 Å². The van der Waals surface area contributed by atoms with Crippen LogP contribution in [-0.4, -0.2) is 79.3 Å². The minimum absolute atomic E-state index is 0.0971. The molecule has 0 saturated carbocycles. The zero-order valence-corrected chi connectivity index (χ0v) is 21.1. The Balaban J connectivity index is 1.47. The van der Waals surface area contributed by atoms with E-state index in [9.17, 15) is 19.5 Å². The van der Waals surface area contributed by atoms with Gasteiger partial charge in [0.1, 0.15) is 35.8 Å². The van der Waals surface area contributed by atoms with Crippen LogP contribution >= 0.6 is 34.9 Å². The highest BCUT2D eigenvalue weighted by Crippen LogP contribution is 2.41. The van der Waals surface area contributed by atoms with E-state index in [2.05, 4.69) is 20.4 Å². The summed E-state index contributed by atoms with van der Waals surface area (Å²) in [5, 5.41) is 25.4. The van der Waals surface area contributed by atoms with Gasteiger partial charge >= 0.3 is 5.97 Å². The first-order chi connectivity index (χ1) is 17.2. The van der Waals surface area contributed by atoms with Gasteiger partial charge in [0, 0.05) is 28.6 Å². The molecule has 1 saturated heterocycles. The van der Waals surface area contributed by atoms with E-state index < -0.39 is 29.2 Å². The van der Waals surface area contributed by atoms with Crippen molar-refractivity contribution in [2.24, 2.45) is 10.9 Å². The number of β-lactam (4-membered cyclic amide) rings is 1. The monoisotopic (exact) mass is 548 g/mol. The topological polar surface area (TPSA) is 210 Å². The first-order valence-electron chi connectivity index (χ1n) is 10.2. The Morgan fingerprint density at radius 1 is 1.44 bits per heavy atom. The number of rotatable bonds is 9. The van der Waals surface area contributed by atoms with E-state index in [0.717, 1.165) is 11.3 Å². The number of fused-ring (bicyclic) bond motifs is 1. The lowest BCUT2D eigenvalue weighted by molar-refractivity contribution is -0.150. The Labute approximate surface area is 216 Å². The van der Waals surface area contributed by atoms with Crippen LogP contribution in [0.15, 0.2) is 45.2 Å². The average Bonchev–Trinajstić information content (AvgIpc) is 3.29. The minimum atomic E-state index is -1.23. The van der Waals surface area contributed by atoms with E-state index in [0.29, 0.717) is 27.7 Å². The number of pyridine rings is 1. The fraction of sp³-hybridized carbons (Fsp3) is 0.250. The first-order valence-corrected chi connectivity index (χ1v) is 13.1. The van der Waals surface area contributed by atoms with Gasteiger partial charge in [-0.2, -0.15) is 0 Å². The number of carbonyl (C=O) groups is 3. The molecule has 2 atom stereocenters. The maximum absolute atomic E-state index is 12.9. The predicted molar refractivity (Wildman–Crippen MR) is 136 cm³/mol. The Morgan fingerprint density at radius 2 is 2.22 bits per heavy atom. The summed E-state index contributed by atoms with van der Waals surface area (Å²) in [6.45, 7) is 0. The number of oxime groups is 1. The van der Waals surface area contributed by atoms with Crippen molar-refractivity contribution in [3.8, 4) is 0 Å². The average molecular weight is 549 g/mol. The van der Waals surface area contributed by atoms with Gasteiger partial charge in [0.15, 0.2) is 10.8 Å². The molecule has 1 fully saturated rings. The van der Waals surface area contributed by atoms with Crippen molar-refractivity contribution < 1.29 is 24.3 Å². The Bertz CT molecular complexity index is 1290. The maximum Gasteiger partial charge on any atom is 0.352 e. The zero-order valence-electron chi connectivity index (χ0n) is 18.6. The number of hydrogen-bond acceptors (Lipinski definition) is 12. The lowest BCUT2D eigenvalue weighted by atomic mass is 10.0. The Hall–Kier alpha value is -3.63. The van der Waals surface area contributed by atoms with Gasteiger partial charge in [0.2, 0.25) is 0 Å². The summed E-state index contributed by atoms with van der Waals surface area (Å²) in [6, 6.07) is 2.41. The molecule has 0 radical (unpaired) electrons. The summed E-state index contributed by atoms with van der Waals surface area (Å²) in [7, 11) is 1.27. The molecule has 0 aliphatic carbocycles. The Morgan fingerprint density at radius 3 is 2.81 bits per heavy atom. The van der Waals surface area contributed by atoms with Crippen LogP contribution in [0.1, 0.15) is 11.3 Å². The fourth-order valence-electron chi connectivity index (χ4n) is 3.48. The quantitative estimate of drug-likeness (QED) is 0.0944. The van der Waals surface area contributed by atoms with Crippen LogP contribution in [0.3, 0.4) is 0 Å². The molecule has 4 rings (SSSR count). The van der Waals surface area contributed by atoms with Crippen molar-refractivity contribution >= 4 is 69.3 Å². The molecule has 2 aliphatic heterocycles. The third kappa shape index (κ3) is 5.00. The standard InChI is InChI=1S/C20H20N8O5S3/c1-33-27-12(10-7-36-20(23)25-10)16(29)26-13-17(30)28-14(19(31)32)9(6-35-18(13)28)5-34-11-3-2-8(4-24-11)15(21)22/h2-4,7,13,18H,5-6H2,1H3,(H3,21,22)(H2,23,25)(H,26,29)(H,31,32)/t13-,18+/m1/s1. The Kier molecular flexibility index (Phi) is 7.46. The largest absolute Gasteiger partial charge is 0.477 e. The van der Waals surface area contributed by atoms with E-state index in [-0.39, 0.29) is 28.1 Å². The summed E-state index contributed by atoms with van der Waals surface area (Å²) < 4.78 is 0. The summed E-state index contributed by atoms with van der Waals surface area (Å²) in [5.41, 5.74) is 12.1. The molecular weight excluding hydrogens is 528 g/mol. The van der Waals surface area contributed by atoms with Crippen molar-refractivity contribution in [3.05, 3.63) is 46.2 Å². The third-order valence-electron chi connectivity index (χ3n) is 5.14. The second-order valence-corrected chi connectivity index (χ2v) is 10.4. The molecular formula is C20H20N8O5S3. The molecule has 0 bridgehead atoms. The summed E-state index contributed by atoms with van der Waals surface area (Å²) in [4.78, 5) is 52.0. The molecule has 13 nitrogen and oxygen atoms in total. The van der Waals surface area contributed by atoms with E-state index in [4.69, 9.17) is 21.7 Å². The van der Waals surface area contributed by atoms with Crippen molar-refractivity contribution in [1.29, 1.82) is 5.41 Å². The predicted octanol–water partition coefficient (Wildman–Crippen LogP) is 0.286. The molecule has 0 spiro atoms. The second kappa shape index (κ2) is 10.5. The molecule has 2 aromatic rings. The van der Waals surface area contributed by atoms with Gasteiger partial charge in [-0.15, -0.1) is 34.9 Å². The van der Waals surface area contributed by atoms with Gasteiger partial charge in [0.05, 0.1) is 5.03 Å².